The monoisotopic (exact) mass is 218 g/mol. The number of pyridine rings is 1. The fourth-order valence-corrected chi connectivity index (χ4v) is 2.67. The topological polar surface area (TPSA) is 38.9 Å². The first-order valence-electron chi connectivity index (χ1n) is 6.49. The SMILES string of the molecule is NC(CCC1CCCC1)Cc1cccnc1. The molecule has 1 aliphatic rings. The molecule has 1 heterocycles. The number of nitrogens with zero attached hydrogens (tertiary/aromatic N) is 1. The maximum atomic E-state index is 6.16. The van der Waals surface area contributed by atoms with Gasteiger partial charge in [-0.25, -0.2) is 0 Å². The summed E-state index contributed by atoms with van der Waals surface area (Å²) in [5.74, 6) is 0.958. The van der Waals surface area contributed by atoms with Crippen molar-refractivity contribution < 1.29 is 0 Å². The van der Waals surface area contributed by atoms with Crippen LogP contribution in [0.4, 0.5) is 0 Å². The Balaban J connectivity index is 1.69. The summed E-state index contributed by atoms with van der Waals surface area (Å²) in [5, 5.41) is 0. The Kier molecular flexibility index (Phi) is 4.34. The van der Waals surface area contributed by atoms with E-state index < -0.39 is 0 Å². The van der Waals surface area contributed by atoms with Crippen LogP contribution in [0, 0.1) is 5.92 Å². The molecule has 2 rings (SSSR count). The highest BCUT2D eigenvalue weighted by Crippen LogP contribution is 2.28. The van der Waals surface area contributed by atoms with Crippen LogP contribution in [-0.2, 0) is 6.42 Å². The van der Waals surface area contributed by atoms with Crippen LogP contribution in [0.15, 0.2) is 24.5 Å². The lowest BCUT2D eigenvalue weighted by molar-refractivity contribution is 0.447. The van der Waals surface area contributed by atoms with Gasteiger partial charge in [-0.1, -0.05) is 31.7 Å². The Bertz CT molecular complexity index is 291. The minimum Gasteiger partial charge on any atom is -0.327 e. The van der Waals surface area contributed by atoms with Gasteiger partial charge in [0.15, 0.2) is 0 Å². The van der Waals surface area contributed by atoms with E-state index >= 15 is 0 Å². The summed E-state index contributed by atoms with van der Waals surface area (Å²) in [6, 6.07) is 4.41. The summed E-state index contributed by atoms with van der Waals surface area (Å²) >= 11 is 0. The van der Waals surface area contributed by atoms with Crippen molar-refractivity contribution in [3.05, 3.63) is 30.1 Å². The molecule has 1 aromatic heterocycles. The molecule has 0 spiro atoms. The van der Waals surface area contributed by atoms with Crippen LogP contribution in [0.5, 0.6) is 0 Å². The number of rotatable bonds is 5. The summed E-state index contributed by atoms with van der Waals surface area (Å²) in [5.41, 5.74) is 7.42. The highest BCUT2D eigenvalue weighted by atomic mass is 14.6. The molecular weight excluding hydrogens is 196 g/mol. The second-order valence-electron chi connectivity index (χ2n) is 5.05. The van der Waals surface area contributed by atoms with Crippen molar-refractivity contribution in [2.24, 2.45) is 11.7 Å². The molecular formula is C14H22N2. The summed E-state index contributed by atoms with van der Waals surface area (Å²) in [6.07, 6.45) is 12.9. The van der Waals surface area contributed by atoms with Gasteiger partial charge in [-0.2, -0.15) is 0 Å². The zero-order valence-electron chi connectivity index (χ0n) is 9.94. The third kappa shape index (κ3) is 3.60. The van der Waals surface area contributed by atoms with Crippen LogP contribution in [0.25, 0.3) is 0 Å². The van der Waals surface area contributed by atoms with Gasteiger partial charge < -0.3 is 5.73 Å². The van der Waals surface area contributed by atoms with Crippen molar-refractivity contribution in [1.29, 1.82) is 0 Å². The summed E-state index contributed by atoms with van der Waals surface area (Å²) in [7, 11) is 0. The predicted octanol–water partition coefficient (Wildman–Crippen LogP) is 2.92. The van der Waals surface area contributed by atoms with E-state index in [0.29, 0.717) is 6.04 Å². The molecule has 1 atom stereocenters. The Labute approximate surface area is 98.3 Å². The van der Waals surface area contributed by atoms with E-state index in [0.717, 1.165) is 12.3 Å². The largest absolute Gasteiger partial charge is 0.327 e. The van der Waals surface area contributed by atoms with Crippen LogP contribution in [0.3, 0.4) is 0 Å². The molecule has 0 radical (unpaired) electrons. The molecule has 1 unspecified atom stereocenters. The summed E-state index contributed by atoms with van der Waals surface area (Å²) in [6.45, 7) is 0. The molecule has 1 aromatic rings. The number of nitrogens with two attached hydrogens (primary N) is 1. The van der Waals surface area contributed by atoms with E-state index in [2.05, 4.69) is 11.1 Å². The lowest BCUT2D eigenvalue weighted by Gasteiger charge is -2.14. The second kappa shape index (κ2) is 6.00. The minimum atomic E-state index is 0.310. The Morgan fingerprint density at radius 1 is 1.38 bits per heavy atom. The molecule has 1 fully saturated rings. The lowest BCUT2D eigenvalue weighted by atomic mass is 9.96. The Morgan fingerprint density at radius 3 is 2.88 bits per heavy atom. The molecule has 2 N–H and O–H groups in total. The number of hydrogen-bond acceptors (Lipinski definition) is 2. The summed E-state index contributed by atoms with van der Waals surface area (Å²) in [4.78, 5) is 4.12. The van der Waals surface area contributed by atoms with Crippen molar-refractivity contribution in [2.75, 3.05) is 0 Å². The van der Waals surface area contributed by atoms with Gasteiger partial charge >= 0.3 is 0 Å². The fourth-order valence-electron chi connectivity index (χ4n) is 2.67. The summed E-state index contributed by atoms with van der Waals surface area (Å²) < 4.78 is 0. The third-order valence-corrected chi connectivity index (χ3v) is 3.64. The molecule has 0 aliphatic heterocycles. The minimum absolute atomic E-state index is 0.310. The van der Waals surface area contributed by atoms with Crippen molar-refractivity contribution in [1.82, 2.24) is 4.98 Å². The van der Waals surface area contributed by atoms with E-state index in [9.17, 15) is 0 Å². The fraction of sp³-hybridized carbons (Fsp3) is 0.643. The Hall–Kier alpha value is -0.890. The number of hydrogen-bond donors (Lipinski definition) is 1. The molecule has 16 heavy (non-hydrogen) atoms. The van der Waals surface area contributed by atoms with Gasteiger partial charge in [0.25, 0.3) is 0 Å². The molecule has 0 saturated heterocycles. The molecule has 0 bridgehead atoms. The van der Waals surface area contributed by atoms with Crippen LogP contribution in [-0.4, -0.2) is 11.0 Å². The first-order chi connectivity index (χ1) is 7.84. The zero-order valence-corrected chi connectivity index (χ0v) is 9.94. The van der Waals surface area contributed by atoms with Crippen LogP contribution in [0.2, 0.25) is 0 Å². The molecule has 2 nitrogen and oxygen atoms in total. The maximum absolute atomic E-state index is 6.16. The second-order valence-corrected chi connectivity index (χ2v) is 5.05. The van der Waals surface area contributed by atoms with Gasteiger partial charge in [-0.05, 0) is 36.8 Å². The maximum Gasteiger partial charge on any atom is 0.0300 e. The zero-order chi connectivity index (χ0) is 11.2. The van der Waals surface area contributed by atoms with Gasteiger partial charge in [0.1, 0.15) is 0 Å². The third-order valence-electron chi connectivity index (χ3n) is 3.64. The van der Waals surface area contributed by atoms with E-state index in [1.165, 1.54) is 44.1 Å². The smallest absolute Gasteiger partial charge is 0.0300 e. The van der Waals surface area contributed by atoms with E-state index in [4.69, 9.17) is 5.73 Å². The molecule has 1 aliphatic carbocycles. The van der Waals surface area contributed by atoms with Crippen LogP contribution >= 0.6 is 0 Å². The average Bonchev–Trinajstić information content (AvgIpc) is 2.81. The molecule has 0 aromatic carbocycles. The highest BCUT2D eigenvalue weighted by Gasteiger charge is 2.16. The van der Waals surface area contributed by atoms with Crippen LogP contribution < -0.4 is 5.73 Å². The van der Waals surface area contributed by atoms with Crippen molar-refractivity contribution in [3.63, 3.8) is 0 Å². The van der Waals surface area contributed by atoms with Gasteiger partial charge in [0.2, 0.25) is 0 Å². The van der Waals surface area contributed by atoms with E-state index in [1.807, 2.05) is 18.5 Å². The lowest BCUT2D eigenvalue weighted by Crippen LogP contribution is -2.23. The normalized spacial score (nSPS) is 18.8. The van der Waals surface area contributed by atoms with E-state index in [-0.39, 0.29) is 0 Å². The average molecular weight is 218 g/mol. The quantitative estimate of drug-likeness (QED) is 0.825. The van der Waals surface area contributed by atoms with Crippen molar-refractivity contribution >= 4 is 0 Å². The van der Waals surface area contributed by atoms with Gasteiger partial charge in [-0.3, -0.25) is 4.98 Å². The van der Waals surface area contributed by atoms with Gasteiger partial charge in [0.05, 0.1) is 0 Å². The molecule has 2 heteroatoms. The van der Waals surface area contributed by atoms with Crippen molar-refractivity contribution in [3.8, 4) is 0 Å². The van der Waals surface area contributed by atoms with Crippen molar-refractivity contribution in [2.45, 2.75) is 51.0 Å². The van der Waals surface area contributed by atoms with Gasteiger partial charge in [-0.15, -0.1) is 0 Å². The van der Waals surface area contributed by atoms with Gasteiger partial charge in [0, 0.05) is 18.4 Å². The first-order valence-corrected chi connectivity index (χ1v) is 6.49. The molecule has 0 amide bonds. The number of aromatic nitrogens is 1. The highest BCUT2D eigenvalue weighted by molar-refractivity contribution is 5.09. The first kappa shape index (κ1) is 11.6. The van der Waals surface area contributed by atoms with E-state index in [1.54, 1.807) is 0 Å². The molecule has 1 saturated carbocycles. The Morgan fingerprint density at radius 2 is 2.19 bits per heavy atom. The standard InChI is InChI=1S/C14H22N2/c15-14(8-7-12-4-1-2-5-12)10-13-6-3-9-16-11-13/h3,6,9,11-12,14H,1-2,4-5,7-8,10,15H2. The molecule has 88 valence electrons. The van der Waals surface area contributed by atoms with Crippen LogP contribution in [0.1, 0.15) is 44.1 Å². The predicted molar refractivity (Wildman–Crippen MR) is 67.1 cm³/mol.